The Kier molecular flexibility index (Phi) is 4.70. The average Bonchev–Trinajstić information content (AvgIpc) is 2.72. The summed E-state index contributed by atoms with van der Waals surface area (Å²) in [6, 6.07) is 24.2. The van der Waals surface area contributed by atoms with Crippen LogP contribution in [0.25, 0.3) is 11.6 Å². The van der Waals surface area contributed by atoms with Gasteiger partial charge in [-0.15, -0.1) is 0 Å². The van der Waals surface area contributed by atoms with E-state index in [2.05, 4.69) is 62.4 Å². The van der Waals surface area contributed by atoms with Crippen LogP contribution in [0.4, 0.5) is 0 Å². The summed E-state index contributed by atoms with van der Waals surface area (Å²) in [7, 11) is 1.62. The Bertz CT molecular complexity index is 1050. The van der Waals surface area contributed by atoms with Gasteiger partial charge in [-0.2, -0.15) is 0 Å². The van der Waals surface area contributed by atoms with E-state index in [9.17, 15) is 4.79 Å². The molecule has 3 aromatic carbocycles. The summed E-state index contributed by atoms with van der Waals surface area (Å²) in [5, 5.41) is 0. The highest BCUT2D eigenvalue weighted by Gasteiger charge is 2.29. The van der Waals surface area contributed by atoms with Crippen molar-refractivity contribution in [2.24, 2.45) is 0 Å². The van der Waals surface area contributed by atoms with Crippen molar-refractivity contribution >= 4 is 17.4 Å². The van der Waals surface area contributed by atoms with E-state index in [1.165, 1.54) is 11.1 Å². The summed E-state index contributed by atoms with van der Waals surface area (Å²) < 4.78 is 5.68. The Labute approximate surface area is 165 Å². The second-order valence-corrected chi connectivity index (χ2v) is 7.11. The van der Waals surface area contributed by atoms with E-state index >= 15 is 0 Å². The van der Waals surface area contributed by atoms with Crippen LogP contribution in [0.15, 0.2) is 84.1 Å². The molecule has 138 valence electrons. The Balaban J connectivity index is 2.04. The van der Waals surface area contributed by atoms with Gasteiger partial charge in [0, 0.05) is 11.1 Å². The highest BCUT2D eigenvalue weighted by Crippen LogP contribution is 2.37. The number of benzene rings is 3. The standard InChI is InChI=1S/C26H22O2/c1-17-8-12-19(13-9-17)24(20-14-10-18(2)11-15-20)25-23(28-3)16-21-6-4-5-7-22(21)26(25)27/h4-16H,1-3H3. The van der Waals surface area contributed by atoms with Crippen LogP contribution in [0.2, 0.25) is 0 Å². The smallest absolute Gasteiger partial charge is 0.198 e. The van der Waals surface area contributed by atoms with E-state index in [0.717, 1.165) is 22.3 Å². The lowest BCUT2D eigenvalue weighted by molar-refractivity contribution is 0.102. The lowest BCUT2D eigenvalue weighted by Gasteiger charge is -2.22. The number of aryl methyl sites for hydroxylation is 2. The van der Waals surface area contributed by atoms with Crippen molar-refractivity contribution in [3.8, 4) is 0 Å². The van der Waals surface area contributed by atoms with Crippen LogP contribution < -0.4 is 0 Å². The molecule has 2 heteroatoms. The number of carbonyl (C=O) groups excluding carboxylic acids is 1. The van der Waals surface area contributed by atoms with Gasteiger partial charge in [-0.3, -0.25) is 4.79 Å². The maximum atomic E-state index is 13.5. The summed E-state index contributed by atoms with van der Waals surface area (Å²) in [4.78, 5) is 13.5. The molecule has 1 aliphatic carbocycles. The molecule has 0 heterocycles. The first-order valence-electron chi connectivity index (χ1n) is 9.36. The van der Waals surface area contributed by atoms with E-state index in [-0.39, 0.29) is 5.78 Å². The fraction of sp³-hybridized carbons (Fsp3) is 0.115. The first-order chi connectivity index (χ1) is 13.6. The average molecular weight is 366 g/mol. The third kappa shape index (κ3) is 3.18. The largest absolute Gasteiger partial charge is 0.496 e. The van der Waals surface area contributed by atoms with Gasteiger partial charge in [0.1, 0.15) is 5.76 Å². The third-order valence-electron chi connectivity index (χ3n) is 5.12. The van der Waals surface area contributed by atoms with E-state index < -0.39 is 0 Å². The predicted octanol–water partition coefficient (Wildman–Crippen LogP) is 5.99. The number of allylic oxidation sites excluding steroid dienone is 1. The van der Waals surface area contributed by atoms with Crippen LogP contribution in [0.5, 0.6) is 0 Å². The third-order valence-corrected chi connectivity index (χ3v) is 5.12. The van der Waals surface area contributed by atoms with Crippen molar-refractivity contribution < 1.29 is 9.53 Å². The van der Waals surface area contributed by atoms with Gasteiger partial charge in [-0.05, 0) is 36.6 Å². The lowest BCUT2D eigenvalue weighted by Crippen LogP contribution is -2.16. The normalized spacial score (nSPS) is 13.0. The van der Waals surface area contributed by atoms with Gasteiger partial charge >= 0.3 is 0 Å². The van der Waals surface area contributed by atoms with Crippen molar-refractivity contribution in [1.29, 1.82) is 0 Å². The van der Waals surface area contributed by atoms with Crippen LogP contribution >= 0.6 is 0 Å². The molecule has 0 fully saturated rings. The second-order valence-electron chi connectivity index (χ2n) is 7.11. The van der Waals surface area contributed by atoms with E-state index in [4.69, 9.17) is 4.74 Å². The van der Waals surface area contributed by atoms with Crippen LogP contribution in [-0.4, -0.2) is 12.9 Å². The van der Waals surface area contributed by atoms with Crippen LogP contribution in [-0.2, 0) is 4.74 Å². The summed E-state index contributed by atoms with van der Waals surface area (Å²) >= 11 is 0. The zero-order chi connectivity index (χ0) is 19.7. The first kappa shape index (κ1) is 18.0. The predicted molar refractivity (Wildman–Crippen MR) is 114 cm³/mol. The van der Waals surface area contributed by atoms with Gasteiger partial charge in [0.15, 0.2) is 5.78 Å². The molecule has 0 saturated heterocycles. The molecule has 0 aromatic heterocycles. The van der Waals surface area contributed by atoms with Crippen molar-refractivity contribution in [1.82, 2.24) is 0 Å². The Morgan fingerprint density at radius 3 is 1.82 bits per heavy atom. The summed E-state index contributed by atoms with van der Waals surface area (Å²) in [5.74, 6) is 0.589. The van der Waals surface area contributed by atoms with Crippen molar-refractivity contribution in [2.45, 2.75) is 13.8 Å². The highest BCUT2D eigenvalue weighted by atomic mass is 16.5. The van der Waals surface area contributed by atoms with Gasteiger partial charge < -0.3 is 4.74 Å². The van der Waals surface area contributed by atoms with Crippen LogP contribution in [0.1, 0.15) is 38.2 Å². The zero-order valence-corrected chi connectivity index (χ0v) is 16.3. The number of hydrogen-bond donors (Lipinski definition) is 0. The van der Waals surface area contributed by atoms with Gasteiger partial charge in [0.2, 0.25) is 0 Å². The maximum Gasteiger partial charge on any atom is 0.198 e. The fourth-order valence-electron chi connectivity index (χ4n) is 3.58. The van der Waals surface area contributed by atoms with Gasteiger partial charge in [0.25, 0.3) is 0 Å². The summed E-state index contributed by atoms with van der Waals surface area (Å²) in [6.45, 7) is 4.12. The van der Waals surface area contributed by atoms with Crippen molar-refractivity contribution in [3.63, 3.8) is 0 Å². The Morgan fingerprint density at radius 1 is 0.750 bits per heavy atom. The molecule has 0 aliphatic heterocycles. The minimum Gasteiger partial charge on any atom is -0.496 e. The molecule has 0 saturated carbocycles. The minimum atomic E-state index is -0.00824. The molecular weight excluding hydrogens is 344 g/mol. The molecule has 0 atom stereocenters. The van der Waals surface area contributed by atoms with Crippen LogP contribution in [0.3, 0.4) is 0 Å². The molecule has 28 heavy (non-hydrogen) atoms. The maximum absolute atomic E-state index is 13.5. The summed E-state index contributed by atoms with van der Waals surface area (Å²) in [6.07, 6.45) is 1.95. The summed E-state index contributed by atoms with van der Waals surface area (Å²) in [5.41, 5.74) is 7.46. The van der Waals surface area contributed by atoms with Gasteiger partial charge in [-0.25, -0.2) is 0 Å². The number of carbonyl (C=O) groups is 1. The first-order valence-corrected chi connectivity index (χ1v) is 9.36. The zero-order valence-electron chi connectivity index (χ0n) is 16.3. The number of rotatable bonds is 3. The molecule has 0 radical (unpaired) electrons. The number of ketones is 1. The fourth-order valence-corrected chi connectivity index (χ4v) is 3.58. The Morgan fingerprint density at radius 2 is 1.29 bits per heavy atom. The van der Waals surface area contributed by atoms with E-state index in [0.29, 0.717) is 16.9 Å². The van der Waals surface area contributed by atoms with Crippen LogP contribution in [0, 0.1) is 13.8 Å². The van der Waals surface area contributed by atoms with Gasteiger partial charge in [0.05, 0.1) is 12.7 Å². The molecule has 0 unspecified atom stereocenters. The van der Waals surface area contributed by atoms with Gasteiger partial charge in [-0.1, -0.05) is 83.9 Å². The second kappa shape index (κ2) is 7.32. The number of fused-ring (bicyclic) bond motifs is 1. The topological polar surface area (TPSA) is 26.3 Å². The molecular formula is C26H22O2. The lowest BCUT2D eigenvalue weighted by atomic mass is 9.83. The molecule has 0 N–H and O–H groups in total. The van der Waals surface area contributed by atoms with Crippen molar-refractivity contribution in [2.75, 3.05) is 7.11 Å². The molecule has 4 rings (SSSR count). The minimum absolute atomic E-state index is 0.00824. The van der Waals surface area contributed by atoms with E-state index in [1.54, 1.807) is 7.11 Å². The Hall–Kier alpha value is -3.39. The molecule has 2 nitrogen and oxygen atoms in total. The van der Waals surface area contributed by atoms with Crippen molar-refractivity contribution in [3.05, 3.63) is 118 Å². The number of ether oxygens (including phenoxy) is 1. The number of methoxy groups -OCH3 is 1. The monoisotopic (exact) mass is 366 g/mol. The quantitative estimate of drug-likeness (QED) is 0.532. The molecule has 0 spiro atoms. The highest BCUT2D eigenvalue weighted by molar-refractivity contribution is 6.21. The molecule has 3 aromatic rings. The number of hydrogen-bond acceptors (Lipinski definition) is 2. The molecule has 1 aliphatic rings. The molecule has 0 amide bonds. The molecule has 0 bridgehead atoms. The number of Topliss-reactive ketones (excluding diaryl/α,β-unsaturated/α-hetero) is 1. The van der Waals surface area contributed by atoms with E-state index in [1.807, 2.05) is 30.3 Å². The SMILES string of the molecule is COC1=Cc2ccccc2C(=O)C1=C(c1ccc(C)cc1)c1ccc(C)cc1.